The van der Waals surface area contributed by atoms with Crippen LogP contribution in [0.1, 0.15) is 48.4 Å². The summed E-state index contributed by atoms with van der Waals surface area (Å²) in [6, 6.07) is 34.5. The predicted octanol–water partition coefficient (Wildman–Crippen LogP) is 13.4. The number of benzene rings is 6. The molecule has 0 radical (unpaired) electrons. The summed E-state index contributed by atoms with van der Waals surface area (Å²) >= 11 is 27.1. The van der Waals surface area contributed by atoms with E-state index in [4.69, 9.17) is 56.2 Å². The maximum atomic E-state index is 12.9. The van der Waals surface area contributed by atoms with Crippen molar-refractivity contribution in [2.45, 2.75) is 6.92 Å². The van der Waals surface area contributed by atoms with E-state index in [1.54, 1.807) is 94.7 Å². The van der Waals surface area contributed by atoms with Crippen LogP contribution in [0.25, 0.3) is 65.9 Å². The molecule has 18 heteroatoms. The largest absolute Gasteiger partial charge is 0.478 e. The minimum Gasteiger partial charge on any atom is -0.478 e. The Morgan fingerprint density at radius 2 is 0.930 bits per heavy atom. The topological polar surface area (TPSA) is 167 Å². The average Bonchev–Trinajstić information content (AvgIpc) is 4.10. The quantitative estimate of drug-likeness (QED) is 0.126. The number of esters is 1. The number of carboxylic acid groups (broad SMARTS) is 2. The van der Waals surface area contributed by atoms with E-state index in [0.717, 1.165) is 33.1 Å². The summed E-state index contributed by atoms with van der Waals surface area (Å²) in [4.78, 5) is 73.1. The van der Waals surface area contributed by atoms with Gasteiger partial charge in [0.25, 0.3) is 5.91 Å². The molecule has 0 saturated carbocycles. The third kappa shape index (κ3) is 11.5. The molecule has 8 aromatic rings. The van der Waals surface area contributed by atoms with Crippen LogP contribution in [0.15, 0.2) is 132 Å². The van der Waals surface area contributed by atoms with Crippen LogP contribution in [0.2, 0.25) is 20.1 Å². The van der Waals surface area contributed by atoms with Crippen molar-refractivity contribution >= 4 is 98.8 Å². The van der Waals surface area contributed by atoms with Gasteiger partial charge < -0.3 is 24.7 Å². The van der Waals surface area contributed by atoms with Crippen LogP contribution in [0, 0.1) is 0 Å². The van der Waals surface area contributed by atoms with Gasteiger partial charge in [0, 0.05) is 71.7 Å². The summed E-state index contributed by atoms with van der Waals surface area (Å²) in [5.74, 6) is -2.67. The summed E-state index contributed by atoms with van der Waals surface area (Å²) in [5, 5.41) is 26.1. The van der Waals surface area contributed by atoms with Crippen molar-refractivity contribution in [1.82, 2.24) is 19.8 Å². The summed E-state index contributed by atoms with van der Waals surface area (Å²) < 4.78 is 4.97. The Balaban J connectivity index is 0.000000194. The minimum absolute atomic E-state index is 0.00785. The zero-order valence-corrected chi connectivity index (χ0v) is 42.1. The Morgan fingerprint density at radius 3 is 1.37 bits per heavy atom. The molecule has 3 heterocycles. The van der Waals surface area contributed by atoms with Crippen LogP contribution < -0.4 is 0 Å². The number of carbonyl (C=O) groups is 5. The van der Waals surface area contributed by atoms with Crippen molar-refractivity contribution in [1.29, 1.82) is 0 Å². The van der Waals surface area contributed by atoms with Crippen molar-refractivity contribution in [3.8, 4) is 65.9 Å². The SMILES string of the molecule is CC(=O)N1CCN(C(=O)c2ccc(-c3ccc(-c4nc(-c5ccc(Cl)c(Cl)c5)cs4)cc3C(=O)O)cc2)CC1.COC(=O)c1cc(-c2nc(-c3ccc(Cl)c(Cl)c3)cs2)ccc1-c1ccc(C(=O)O)cc1. The molecule has 6 aromatic carbocycles. The molecular weight excluding hydrogens is 1030 g/mol. The fraction of sp³-hybridized carbons (Fsp3) is 0.113. The van der Waals surface area contributed by atoms with Gasteiger partial charge in [0.1, 0.15) is 10.0 Å². The molecule has 0 aliphatic carbocycles. The number of rotatable bonds is 10. The number of amides is 2. The van der Waals surface area contributed by atoms with E-state index < -0.39 is 17.9 Å². The standard InChI is InChI=1S/C29H23Cl2N3O4S.C24H15Cl2NO4S/c1-17(35)33-10-12-34(13-11-33)28(36)19-4-2-18(3-5-19)22-8-6-21(14-23(22)29(37)38)27-32-26(16-39-27)20-7-9-24(30)25(31)15-20;1-31-24(30)18-10-16(6-8-17(18)13-2-4-14(5-3-13)23(28)29)22-27-21(12-32-22)15-7-9-19(25)20(26)11-15/h2-9,14-16H,10-13H2,1H3,(H,37,38);2-12H,1H3,(H,28,29). The van der Waals surface area contributed by atoms with Gasteiger partial charge in [-0.2, -0.15) is 0 Å². The van der Waals surface area contributed by atoms with Gasteiger partial charge in [-0.15, -0.1) is 22.7 Å². The molecule has 1 aliphatic heterocycles. The van der Waals surface area contributed by atoms with Crippen LogP contribution in [0.3, 0.4) is 0 Å². The molecule has 2 amide bonds. The zero-order chi connectivity index (χ0) is 50.5. The second-order valence-electron chi connectivity index (χ2n) is 15.9. The normalized spacial score (nSPS) is 12.2. The molecule has 1 aliphatic rings. The first kappa shape index (κ1) is 50.5. The summed E-state index contributed by atoms with van der Waals surface area (Å²) in [5.41, 5.74) is 8.32. The zero-order valence-electron chi connectivity index (χ0n) is 37.5. The fourth-order valence-electron chi connectivity index (χ4n) is 7.69. The van der Waals surface area contributed by atoms with Gasteiger partial charge in [-0.3, -0.25) is 9.59 Å². The lowest BCUT2D eigenvalue weighted by Gasteiger charge is -2.34. The molecule has 0 atom stereocenters. The van der Waals surface area contributed by atoms with Gasteiger partial charge in [-0.1, -0.05) is 107 Å². The number of aromatic nitrogens is 2. The van der Waals surface area contributed by atoms with Crippen molar-refractivity contribution in [3.63, 3.8) is 0 Å². The smallest absolute Gasteiger partial charge is 0.338 e. The van der Waals surface area contributed by atoms with Crippen LogP contribution in [-0.4, -0.2) is 93.0 Å². The van der Waals surface area contributed by atoms with Crippen LogP contribution >= 0.6 is 69.1 Å². The number of nitrogens with zero attached hydrogens (tertiary/aromatic N) is 4. The molecule has 2 N–H and O–H groups in total. The lowest BCUT2D eigenvalue weighted by Crippen LogP contribution is -2.50. The van der Waals surface area contributed by atoms with Crippen LogP contribution in [0.5, 0.6) is 0 Å². The molecule has 71 heavy (non-hydrogen) atoms. The summed E-state index contributed by atoms with van der Waals surface area (Å²) in [6.07, 6.45) is 0. The maximum Gasteiger partial charge on any atom is 0.338 e. The van der Waals surface area contributed by atoms with Crippen LogP contribution in [-0.2, 0) is 9.53 Å². The Morgan fingerprint density at radius 1 is 0.507 bits per heavy atom. The van der Waals surface area contributed by atoms with Gasteiger partial charge in [-0.05, 0) is 82.9 Å². The first-order chi connectivity index (χ1) is 34.1. The molecule has 12 nitrogen and oxygen atoms in total. The number of hydrogen-bond donors (Lipinski definition) is 2. The van der Waals surface area contributed by atoms with E-state index in [9.17, 15) is 29.1 Å². The number of ether oxygens (including phenoxy) is 1. The van der Waals surface area contributed by atoms with Gasteiger partial charge >= 0.3 is 17.9 Å². The van der Waals surface area contributed by atoms with E-state index >= 15 is 0 Å². The molecule has 9 rings (SSSR count). The molecule has 1 saturated heterocycles. The number of carbonyl (C=O) groups excluding carboxylic acids is 3. The number of aromatic carboxylic acids is 2. The van der Waals surface area contributed by atoms with Gasteiger partial charge in [0.2, 0.25) is 5.91 Å². The number of thiazole rings is 2. The van der Waals surface area contributed by atoms with Crippen molar-refractivity contribution in [2.24, 2.45) is 0 Å². The number of halogens is 4. The molecule has 0 spiro atoms. The van der Waals surface area contributed by atoms with Crippen molar-refractivity contribution in [2.75, 3.05) is 33.3 Å². The third-order valence-electron chi connectivity index (χ3n) is 11.5. The second kappa shape index (κ2) is 22.0. The van der Waals surface area contributed by atoms with Gasteiger partial charge in [0.05, 0.1) is 55.3 Å². The lowest BCUT2D eigenvalue weighted by atomic mass is 9.96. The van der Waals surface area contributed by atoms with Crippen molar-refractivity contribution in [3.05, 3.63) is 174 Å². The van der Waals surface area contributed by atoms with E-state index in [1.807, 2.05) is 35.0 Å². The predicted molar refractivity (Wildman–Crippen MR) is 280 cm³/mol. The molecule has 0 unspecified atom stereocenters. The second-order valence-corrected chi connectivity index (χ2v) is 19.3. The Kier molecular flexibility index (Phi) is 15.7. The molecule has 1 fully saturated rings. The summed E-state index contributed by atoms with van der Waals surface area (Å²) in [7, 11) is 1.32. The van der Waals surface area contributed by atoms with E-state index in [1.165, 1.54) is 48.8 Å². The average molecular weight is 1060 g/mol. The minimum atomic E-state index is -1.06. The van der Waals surface area contributed by atoms with E-state index in [-0.39, 0.29) is 22.9 Å². The van der Waals surface area contributed by atoms with E-state index in [0.29, 0.717) is 90.2 Å². The van der Waals surface area contributed by atoms with Crippen molar-refractivity contribution < 1.29 is 38.9 Å². The number of carboxylic acids is 2. The van der Waals surface area contributed by atoms with Gasteiger partial charge in [0.15, 0.2) is 0 Å². The molecule has 358 valence electrons. The monoisotopic (exact) mass is 1060 g/mol. The highest BCUT2D eigenvalue weighted by atomic mass is 35.5. The highest BCUT2D eigenvalue weighted by molar-refractivity contribution is 7.13. The first-order valence-corrected chi connectivity index (χ1v) is 24.8. The number of methoxy groups -OCH3 is 1. The molecule has 2 aromatic heterocycles. The van der Waals surface area contributed by atoms with Gasteiger partial charge in [-0.25, -0.2) is 24.4 Å². The highest BCUT2D eigenvalue weighted by Gasteiger charge is 2.24. The van der Waals surface area contributed by atoms with E-state index in [2.05, 4.69) is 9.97 Å². The maximum absolute atomic E-state index is 12.9. The Labute approximate surface area is 435 Å². The lowest BCUT2D eigenvalue weighted by molar-refractivity contribution is -0.130. The third-order valence-corrected chi connectivity index (χ3v) is 14.8. The molecule has 0 bridgehead atoms. The molecular formula is C53H38Cl4N4O8S2. The first-order valence-electron chi connectivity index (χ1n) is 21.5. The fourth-order valence-corrected chi connectivity index (χ4v) is 9.94. The van der Waals surface area contributed by atoms with Crippen LogP contribution in [0.4, 0.5) is 0 Å². The summed E-state index contributed by atoms with van der Waals surface area (Å²) in [6.45, 7) is 3.52. The Hall–Kier alpha value is -6.91. The number of hydrogen-bond acceptors (Lipinski definition) is 10. The highest BCUT2D eigenvalue weighted by Crippen LogP contribution is 2.37. The number of piperazine rings is 1. The Bertz CT molecular complexity index is 3350.